The number of amides is 3. The van der Waals surface area contributed by atoms with Gasteiger partial charge >= 0.3 is 5.97 Å². The monoisotopic (exact) mass is 353 g/mol. The zero-order chi connectivity index (χ0) is 18.5. The van der Waals surface area contributed by atoms with Gasteiger partial charge < -0.3 is 10.2 Å². The first-order valence-corrected chi connectivity index (χ1v) is 8.38. The average Bonchev–Trinajstić information content (AvgIpc) is 2.89. The topological polar surface area (TPSA) is 142 Å². The summed E-state index contributed by atoms with van der Waals surface area (Å²) < 4.78 is 0. The maximum atomic E-state index is 11.6. The third-order valence-electron chi connectivity index (χ3n) is 3.55. The molecule has 0 atom stereocenters. The number of hydrogen-bond acceptors (Lipinski definition) is 6. The Balaban J connectivity index is 2.01. The van der Waals surface area contributed by atoms with Crippen molar-refractivity contribution in [2.75, 3.05) is 13.1 Å². The maximum Gasteiger partial charge on any atom is 0.333 e. The summed E-state index contributed by atoms with van der Waals surface area (Å²) in [7, 11) is 0. The van der Waals surface area contributed by atoms with Crippen molar-refractivity contribution < 1.29 is 24.0 Å². The summed E-state index contributed by atoms with van der Waals surface area (Å²) in [6.45, 7) is 1.05. The fourth-order valence-electron chi connectivity index (χ4n) is 2.22. The Morgan fingerprint density at radius 2 is 1.76 bits per heavy atom. The van der Waals surface area contributed by atoms with Crippen molar-refractivity contribution in [2.24, 2.45) is 5.11 Å². The molecule has 0 saturated carbocycles. The summed E-state index contributed by atoms with van der Waals surface area (Å²) in [5.74, 6) is -1.89. The first-order chi connectivity index (χ1) is 12.0. The number of unbranched alkanes of at least 4 members (excludes halogenated alkanes) is 3. The molecule has 1 aliphatic rings. The van der Waals surface area contributed by atoms with E-state index >= 15 is 0 Å². The molecule has 0 aromatic rings. The van der Waals surface area contributed by atoms with Crippen LogP contribution in [0.1, 0.15) is 57.8 Å². The van der Waals surface area contributed by atoms with Crippen molar-refractivity contribution in [2.45, 2.75) is 57.8 Å². The molecule has 3 amide bonds. The largest absolute Gasteiger partial charge is 0.356 e. The van der Waals surface area contributed by atoms with Gasteiger partial charge in [0.05, 0.1) is 0 Å². The van der Waals surface area contributed by atoms with Crippen LogP contribution in [0, 0.1) is 0 Å². The number of nitrogens with zero attached hydrogens (tertiary/aromatic N) is 4. The Hall–Kier alpha value is -2.61. The molecule has 1 saturated heterocycles. The number of rotatable bonds is 12. The molecule has 0 aliphatic carbocycles. The first kappa shape index (κ1) is 20.4. The lowest BCUT2D eigenvalue weighted by Gasteiger charge is -2.12. The lowest BCUT2D eigenvalue weighted by Crippen LogP contribution is -2.32. The van der Waals surface area contributed by atoms with Crippen LogP contribution in [0.15, 0.2) is 5.11 Å². The number of imide groups is 1. The van der Waals surface area contributed by atoms with Crippen LogP contribution in [-0.4, -0.2) is 41.8 Å². The van der Waals surface area contributed by atoms with Gasteiger partial charge in [-0.25, -0.2) is 4.79 Å². The summed E-state index contributed by atoms with van der Waals surface area (Å²) in [6.07, 6.45) is 4.08. The summed E-state index contributed by atoms with van der Waals surface area (Å²) in [5, 5.41) is 6.70. The molecule has 1 fully saturated rings. The van der Waals surface area contributed by atoms with E-state index in [1.807, 2.05) is 0 Å². The molecular weight excluding hydrogens is 330 g/mol. The number of azide groups is 1. The third kappa shape index (κ3) is 8.71. The zero-order valence-electron chi connectivity index (χ0n) is 14.1. The van der Waals surface area contributed by atoms with Crippen LogP contribution in [0.3, 0.4) is 0 Å². The van der Waals surface area contributed by atoms with Crippen LogP contribution >= 0.6 is 0 Å². The molecular formula is C15H23N5O5. The molecule has 25 heavy (non-hydrogen) atoms. The number of carbonyl (C=O) groups is 4. The summed E-state index contributed by atoms with van der Waals surface area (Å²) in [6, 6.07) is 0. The molecule has 10 heteroatoms. The van der Waals surface area contributed by atoms with Gasteiger partial charge in [0.1, 0.15) is 0 Å². The summed E-state index contributed by atoms with van der Waals surface area (Å²) >= 11 is 0. The van der Waals surface area contributed by atoms with E-state index < -0.39 is 17.8 Å². The van der Waals surface area contributed by atoms with Gasteiger partial charge in [0, 0.05) is 43.7 Å². The van der Waals surface area contributed by atoms with Crippen molar-refractivity contribution in [3.63, 3.8) is 0 Å². The highest BCUT2D eigenvalue weighted by molar-refractivity contribution is 6.01. The standard InChI is InChI=1S/C15H23N5O5/c16-19-18-11-4-2-1-3-10-17-12(21)6-5-7-15(24)25-20-13(22)8-9-14(20)23/h1-11H2,(H,17,21). The molecule has 1 rings (SSSR count). The molecule has 0 radical (unpaired) electrons. The number of hydroxylamine groups is 2. The minimum absolute atomic E-state index is 0.0378. The fraction of sp³-hybridized carbons (Fsp3) is 0.733. The van der Waals surface area contributed by atoms with E-state index in [9.17, 15) is 19.2 Å². The van der Waals surface area contributed by atoms with Crippen LogP contribution < -0.4 is 5.32 Å². The van der Waals surface area contributed by atoms with E-state index in [4.69, 9.17) is 10.4 Å². The molecule has 0 bridgehead atoms. The summed E-state index contributed by atoms with van der Waals surface area (Å²) in [5.41, 5.74) is 8.12. The van der Waals surface area contributed by atoms with Gasteiger partial charge in [-0.1, -0.05) is 18.0 Å². The van der Waals surface area contributed by atoms with Gasteiger partial charge in [-0.3, -0.25) is 14.4 Å². The van der Waals surface area contributed by atoms with Gasteiger partial charge in [0.2, 0.25) is 5.91 Å². The van der Waals surface area contributed by atoms with Crippen LogP contribution in [0.4, 0.5) is 0 Å². The smallest absolute Gasteiger partial charge is 0.333 e. The number of hydrogen-bond donors (Lipinski definition) is 1. The van der Waals surface area contributed by atoms with Gasteiger partial charge in [0.15, 0.2) is 0 Å². The Bertz CT molecular complexity index is 528. The first-order valence-electron chi connectivity index (χ1n) is 8.38. The maximum absolute atomic E-state index is 11.6. The molecule has 1 aliphatic heterocycles. The van der Waals surface area contributed by atoms with Gasteiger partial charge in [-0.05, 0) is 24.8 Å². The van der Waals surface area contributed by atoms with E-state index in [-0.39, 0.29) is 38.0 Å². The SMILES string of the molecule is [N-]=[N+]=NCCCCCCNC(=O)CCCC(=O)ON1C(=O)CCC1=O. The summed E-state index contributed by atoms with van der Waals surface area (Å²) in [4.78, 5) is 53.1. The van der Waals surface area contributed by atoms with E-state index in [0.717, 1.165) is 25.7 Å². The van der Waals surface area contributed by atoms with Crippen molar-refractivity contribution in [3.8, 4) is 0 Å². The van der Waals surface area contributed by atoms with Crippen LogP contribution in [0.5, 0.6) is 0 Å². The lowest BCUT2D eigenvalue weighted by molar-refractivity contribution is -0.197. The van der Waals surface area contributed by atoms with Crippen molar-refractivity contribution >= 4 is 23.7 Å². The highest BCUT2D eigenvalue weighted by Crippen LogP contribution is 2.13. The zero-order valence-corrected chi connectivity index (χ0v) is 14.1. The number of nitrogens with one attached hydrogen (secondary N) is 1. The van der Waals surface area contributed by atoms with Crippen molar-refractivity contribution in [3.05, 3.63) is 10.4 Å². The highest BCUT2D eigenvalue weighted by Gasteiger charge is 2.32. The van der Waals surface area contributed by atoms with Crippen LogP contribution in [-0.2, 0) is 24.0 Å². The molecule has 1 N–H and O–H groups in total. The Morgan fingerprint density at radius 3 is 2.44 bits per heavy atom. The Morgan fingerprint density at radius 1 is 1.08 bits per heavy atom. The van der Waals surface area contributed by atoms with Crippen molar-refractivity contribution in [1.82, 2.24) is 10.4 Å². The van der Waals surface area contributed by atoms with E-state index in [2.05, 4.69) is 15.3 Å². The number of carbonyl (C=O) groups excluding carboxylic acids is 4. The van der Waals surface area contributed by atoms with Gasteiger partial charge in [0.25, 0.3) is 11.8 Å². The third-order valence-corrected chi connectivity index (χ3v) is 3.55. The minimum atomic E-state index is -0.698. The quantitative estimate of drug-likeness (QED) is 0.187. The highest BCUT2D eigenvalue weighted by atomic mass is 16.7. The molecule has 0 unspecified atom stereocenters. The van der Waals surface area contributed by atoms with Crippen LogP contribution in [0.25, 0.3) is 10.4 Å². The van der Waals surface area contributed by atoms with E-state index in [1.54, 1.807) is 0 Å². The molecule has 0 aromatic heterocycles. The molecule has 1 heterocycles. The second-order valence-corrected chi connectivity index (χ2v) is 5.62. The van der Waals surface area contributed by atoms with E-state index in [0.29, 0.717) is 18.2 Å². The fourth-order valence-corrected chi connectivity index (χ4v) is 2.22. The second kappa shape index (κ2) is 11.9. The van der Waals surface area contributed by atoms with Crippen LogP contribution in [0.2, 0.25) is 0 Å². The predicted molar refractivity (Wildman–Crippen MR) is 86.5 cm³/mol. The van der Waals surface area contributed by atoms with Gasteiger partial charge in [-0.2, -0.15) is 0 Å². The Kier molecular flexibility index (Phi) is 9.69. The average molecular weight is 353 g/mol. The molecule has 0 aromatic carbocycles. The second-order valence-electron chi connectivity index (χ2n) is 5.62. The van der Waals surface area contributed by atoms with Crippen molar-refractivity contribution in [1.29, 1.82) is 0 Å². The minimum Gasteiger partial charge on any atom is -0.356 e. The van der Waals surface area contributed by atoms with Gasteiger partial charge in [-0.15, -0.1) is 5.06 Å². The molecule has 10 nitrogen and oxygen atoms in total. The lowest BCUT2D eigenvalue weighted by atomic mass is 10.2. The molecule has 0 spiro atoms. The Labute approximate surface area is 145 Å². The molecule has 138 valence electrons. The predicted octanol–water partition coefficient (Wildman–Crippen LogP) is 1.75. The normalized spacial score (nSPS) is 13.5. The van der Waals surface area contributed by atoms with E-state index in [1.165, 1.54) is 0 Å².